The molecule has 1 aliphatic rings. The average molecular weight is 177 g/mol. The van der Waals surface area contributed by atoms with Crippen LogP contribution >= 0.6 is 0 Å². The topological polar surface area (TPSA) is 64.2 Å². The molecule has 0 aromatic heterocycles. The molecule has 66 valence electrons. The molecule has 2 unspecified atom stereocenters. The van der Waals surface area contributed by atoms with Gasteiger partial charge in [0.25, 0.3) is 0 Å². The molecule has 4 nitrogen and oxygen atoms in total. The Morgan fingerprint density at radius 1 is 1.73 bits per heavy atom. The predicted octanol–water partition coefficient (Wildman–Crippen LogP) is -1.18. The smallest absolute Gasteiger partial charge is 0.0227 e. The molecule has 1 aliphatic heterocycles. The maximum Gasteiger partial charge on any atom is 0.0227 e. The molecule has 0 bridgehead atoms. The van der Waals surface area contributed by atoms with Crippen molar-refractivity contribution in [3.8, 4) is 0 Å². The number of hydrogen-bond donors (Lipinski definition) is 2. The van der Waals surface area contributed by atoms with Gasteiger partial charge in [0.15, 0.2) is 0 Å². The summed E-state index contributed by atoms with van der Waals surface area (Å²) in [5.41, 5.74) is 0. The van der Waals surface area contributed by atoms with Gasteiger partial charge < -0.3 is 15.2 Å². The van der Waals surface area contributed by atoms with Crippen LogP contribution in [0.15, 0.2) is 0 Å². The van der Waals surface area contributed by atoms with Gasteiger partial charge in [0.05, 0.1) is 0 Å². The molecule has 2 atom stereocenters. The fourth-order valence-corrected chi connectivity index (χ4v) is 1.46. The third-order valence-corrected chi connectivity index (χ3v) is 2.30. The highest BCUT2D eigenvalue weighted by Crippen LogP contribution is 1.95. The Labute approximate surface area is 69.0 Å². The lowest BCUT2D eigenvalue weighted by atomic mass is 10.3. The molecule has 1 saturated heterocycles. The van der Waals surface area contributed by atoms with E-state index in [2.05, 4.69) is 10.6 Å². The minimum atomic E-state index is -1.90. The average Bonchev–Trinajstić information content (AvgIpc) is 2.39. The molecule has 1 heterocycles. The van der Waals surface area contributed by atoms with E-state index in [0.717, 1.165) is 19.5 Å². The molecule has 2 N–H and O–H groups in total. The summed E-state index contributed by atoms with van der Waals surface area (Å²) in [6, 6.07) is 0.471. The van der Waals surface area contributed by atoms with Gasteiger partial charge in [0.2, 0.25) is 0 Å². The van der Waals surface area contributed by atoms with Crippen molar-refractivity contribution in [3.05, 3.63) is 0 Å². The van der Waals surface area contributed by atoms with Crippen LogP contribution in [0.2, 0.25) is 0 Å². The van der Waals surface area contributed by atoms with E-state index >= 15 is 0 Å². The van der Waals surface area contributed by atoms with E-state index in [-0.39, 0.29) is 5.75 Å². The van der Waals surface area contributed by atoms with Crippen LogP contribution < -0.4 is 10.6 Å². The molecular formula is C6H13N2O2S-. The van der Waals surface area contributed by atoms with Crippen LogP contribution in [0.25, 0.3) is 0 Å². The highest BCUT2D eigenvalue weighted by molar-refractivity contribution is 7.79. The predicted molar refractivity (Wildman–Crippen MR) is 43.1 cm³/mol. The maximum absolute atomic E-state index is 10.1. The first-order valence-corrected chi connectivity index (χ1v) is 5.03. The van der Waals surface area contributed by atoms with E-state index in [9.17, 15) is 8.76 Å². The van der Waals surface area contributed by atoms with Crippen LogP contribution in [0.3, 0.4) is 0 Å². The van der Waals surface area contributed by atoms with Gasteiger partial charge in [0.1, 0.15) is 0 Å². The first kappa shape index (κ1) is 9.12. The van der Waals surface area contributed by atoms with Crippen molar-refractivity contribution in [2.45, 2.75) is 12.5 Å². The van der Waals surface area contributed by atoms with Crippen LogP contribution in [0.5, 0.6) is 0 Å². The zero-order chi connectivity index (χ0) is 8.10. The Balaban J connectivity index is 1.98. The first-order chi connectivity index (χ1) is 5.29. The van der Waals surface area contributed by atoms with Crippen LogP contribution in [0.1, 0.15) is 6.42 Å². The fraction of sp³-hybridized carbons (Fsp3) is 1.00. The fourth-order valence-electron chi connectivity index (χ4n) is 1.18. The summed E-state index contributed by atoms with van der Waals surface area (Å²) in [5, 5.41) is 6.35. The van der Waals surface area contributed by atoms with Gasteiger partial charge in [-0.05, 0) is 13.0 Å². The van der Waals surface area contributed by atoms with Crippen molar-refractivity contribution >= 4 is 11.1 Å². The van der Waals surface area contributed by atoms with Crippen LogP contribution in [0.4, 0.5) is 0 Å². The molecule has 1 fully saturated rings. The standard InChI is InChI=1S/C6H14N2O2S/c9-11(10)4-3-8-6-1-2-7-5-6/h6-8H,1-5H2,(H,9,10)/p-1. The van der Waals surface area contributed by atoms with E-state index < -0.39 is 11.1 Å². The van der Waals surface area contributed by atoms with Gasteiger partial charge in [-0.25, -0.2) is 0 Å². The van der Waals surface area contributed by atoms with Gasteiger partial charge >= 0.3 is 0 Å². The van der Waals surface area contributed by atoms with Crippen LogP contribution in [-0.2, 0) is 11.1 Å². The van der Waals surface area contributed by atoms with Gasteiger partial charge in [-0.2, -0.15) is 0 Å². The van der Waals surface area contributed by atoms with Gasteiger partial charge in [-0.1, -0.05) is 11.1 Å². The molecule has 0 aromatic carbocycles. The van der Waals surface area contributed by atoms with Crippen molar-refractivity contribution in [3.63, 3.8) is 0 Å². The Hall–Kier alpha value is 0.0300. The quantitative estimate of drug-likeness (QED) is 0.530. The maximum atomic E-state index is 10.1. The Kier molecular flexibility index (Phi) is 3.99. The van der Waals surface area contributed by atoms with E-state index in [1.807, 2.05) is 0 Å². The highest BCUT2D eigenvalue weighted by Gasteiger charge is 2.12. The minimum Gasteiger partial charge on any atom is -0.772 e. The van der Waals surface area contributed by atoms with E-state index in [1.54, 1.807) is 0 Å². The van der Waals surface area contributed by atoms with Gasteiger partial charge in [0, 0.05) is 24.9 Å². The van der Waals surface area contributed by atoms with Gasteiger partial charge in [-0.3, -0.25) is 4.21 Å². The van der Waals surface area contributed by atoms with E-state index in [4.69, 9.17) is 0 Å². The summed E-state index contributed by atoms with van der Waals surface area (Å²) in [4.78, 5) is 0. The third kappa shape index (κ3) is 3.81. The number of rotatable bonds is 4. The molecule has 0 radical (unpaired) electrons. The van der Waals surface area contributed by atoms with Crippen molar-refractivity contribution in [1.82, 2.24) is 10.6 Å². The van der Waals surface area contributed by atoms with Gasteiger partial charge in [-0.15, -0.1) is 0 Å². The molecular weight excluding hydrogens is 164 g/mol. The summed E-state index contributed by atoms with van der Waals surface area (Å²) in [5.74, 6) is 0.219. The second-order valence-corrected chi connectivity index (χ2v) is 3.67. The Morgan fingerprint density at radius 3 is 3.09 bits per heavy atom. The van der Waals surface area contributed by atoms with Crippen LogP contribution in [-0.4, -0.2) is 40.2 Å². The zero-order valence-corrected chi connectivity index (χ0v) is 7.15. The van der Waals surface area contributed by atoms with Crippen molar-refractivity contribution < 1.29 is 8.76 Å². The lowest BCUT2D eigenvalue weighted by Crippen LogP contribution is -2.33. The van der Waals surface area contributed by atoms with Crippen LogP contribution in [0, 0.1) is 0 Å². The third-order valence-electron chi connectivity index (χ3n) is 1.76. The highest BCUT2D eigenvalue weighted by atomic mass is 32.2. The van der Waals surface area contributed by atoms with Crippen molar-refractivity contribution in [2.24, 2.45) is 0 Å². The molecule has 5 heteroatoms. The summed E-state index contributed by atoms with van der Waals surface area (Å²) >= 11 is -1.90. The summed E-state index contributed by atoms with van der Waals surface area (Å²) in [6.07, 6.45) is 1.10. The number of nitrogens with one attached hydrogen (secondary N) is 2. The SMILES string of the molecule is O=S([O-])CCNC1CCNC1. The monoisotopic (exact) mass is 177 g/mol. The molecule has 0 spiro atoms. The van der Waals surface area contributed by atoms with Crippen molar-refractivity contribution in [1.29, 1.82) is 0 Å². The van der Waals surface area contributed by atoms with E-state index in [0.29, 0.717) is 12.6 Å². The summed E-state index contributed by atoms with van der Waals surface area (Å²) < 4.78 is 20.2. The normalized spacial score (nSPS) is 27.2. The largest absolute Gasteiger partial charge is 0.772 e. The lowest BCUT2D eigenvalue weighted by Gasteiger charge is -2.11. The lowest BCUT2D eigenvalue weighted by molar-refractivity contribution is 0.523. The second kappa shape index (κ2) is 4.82. The second-order valence-electron chi connectivity index (χ2n) is 2.65. The first-order valence-electron chi connectivity index (χ1n) is 3.79. The Morgan fingerprint density at radius 2 is 2.55 bits per heavy atom. The minimum absolute atomic E-state index is 0.219. The summed E-state index contributed by atoms with van der Waals surface area (Å²) in [6.45, 7) is 2.58. The molecule has 0 aromatic rings. The molecule has 11 heavy (non-hydrogen) atoms. The van der Waals surface area contributed by atoms with E-state index in [1.165, 1.54) is 0 Å². The molecule has 0 aliphatic carbocycles. The molecule has 0 amide bonds. The summed E-state index contributed by atoms with van der Waals surface area (Å²) in [7, 11) is 0. The molecule has 1 rings (SSSR count). The van der Waals surface area contributed by atoms with Crippen molar-refractivity contribution in [2.75, 3.05) is 25.4 Å². The zero-order valence-electron chi connectivity index (χ0n) is 6.34. The Bertz CT molecular complexity index is 137. The molecule has 0 saturated carbocycles. The number of hydrogen-bond acceptors (Lipinski definition) is 4.